The van der Waals surface area contributed by atoms with E-state index in [9.17, 15) is 0 Å². The van der Waals surface area contributed by atoms with E-state index in [2.05, 4.69) is 67.3 Å². The van der Waals surface area contributed by atoms with Gasteiger partial charge in [0, 0.05) is 1.43 Å². The van der Waals surface area contributed by atoms with Gasteiger partial charge in [-0.2, -0.15) is 0 Å². The number of hydrogen-bond donors (Lipinski definition) is 0. The molecule has 1 aromatic rings. The number of rotatable bonds is 4. The number of allylic oxidation sites excluding steroid dienone is 8. The predicted molar refractivity (Wildman–Crippen MR) is 115 cm³/mol. The maximum Gasteiger partial charge on any atom is 0 e. The van der Waals surface area contributed by atoms with Gasteiger partial charge in [-0.1, -0.05) is 92.8 Å². The van der Waals surface area contributed by atoms with Gasteiger partial charge in [0.15, 0.2) is 0 Å². The first-order valence-electron chi connectivity index (χ1n) is 9.78. The molecule has 0 aliphatic heterocycles. The monoisotopic (exact) mass is 334 g/mol. The lowest BCUT2D eigenvalue weighted by Crippen LogP contribution is -2.02. The molecule has 0 fully saturated rings. The fraction of sp³-hybridized carbons (Fsp3) is 0.360. The Labute approximate surface area is 155 Å². The van der Waals surface area contributed by atoms with Gasteiger partial charge in [-0.25, -0.2) is 0 Å². The Hall–Kier alpha value is -2.08. The molecule has 0 amide bonds. The zero-order chi connectivity index (χ0) is 17.9. The van der Waals surface area contributed by atoms with Crippen LogP contribution in [0.25, 0.3) is 6.08 Å². The van der Waals surface area contributed by atoms with Crippen molar-refractivity contribution in [2.24, 2.45) is 5.92 Å². The zero-order valence-electron chi connectivity index (χ0n) is 15.9. The molecule has 0 saturated carbocycles. The van der Waals surface area contributed by atoms with Gasteiger partial charge in [0.25, 0.3) is 0 Å². The molecule has 2 aliphatic carbocycles. The maximum absolute atomic E-state index is 3.94. The summed E-state index contributed by atoms with van der Waals surface area (Å²) < 4.78 is 0. The predicted octanol–water partition coefficient (Wildman–Crippen LogP) is 7.70. The SMILES string of the molecule is C=Cc1ccccc1CC1=CCCC(C2=CC=CCC=C2)CC1.CC.[HH]. The van der Waals surface area contributed by atoms with Crippen LogP contribution in [0.1, 0.15) is 58.5 Å². The summed E-state index contributed by atoms with van der Waals surface area (Å²) in [5, 5.41) is 0. The van der Waals surface area contributed by atoms with Crippen LogP contribution in [0.15, 0.2) is 78.4 Å². The van der Waals surface area contributed by atoms with Crippen LogP contribution in [0.4, 0.5) is 0 Å². The quantitative estimate of drug-likeness (QED) is 0.495. The number of benzene rings is 1. The molecule has 0 spiro atoms. The molecule has 0 heteroatoms. The van der Waals surface area contributed by atoms with E-state index in [0.29, 0.717) is 5.92 Å². The van der Waals surface area contributed by atoms with E-state index in [4.69, 9.17) is 0 Å². The molecule has 1 unspecified atom stereocenters. The Morgan fingerprint density at radius 1 is 1.16 bits per heavy atom. The van der Waals surface area contributed by atoms with Crippen molar-refractivity contribution in [2.45, 2.75) is 52.4 Å². The minimum Gasteiger partial charge on any atom is -0.0985 e. The Kier molecular flexibility index (Phi) is 8.25. The molecule has 0 heterocycles. The summed E-state index contributed by atoms with van der Waals surface area (Å²) >= 11 is 0. The van der Waals surface area contributed by atoms with E-state index in [0.717, 1.165) is 12.8 Å². The lowest BCUT2D eigenvalue weighted by Gasteiger charge is -2.16. The van der Waals surface area contributed by atoms with Crippen molar-refractivity contribution in [3.8, 4) is 0 Å². The first-order chi connectivity index (χ1) is 12.4. The van der Waals surface area contributed by atoms with E-state index in [1.54, 1.807) is 5.57 Å². The van der Waals surface area contributed by atoms with Gasteiger partial charge >= 0.3 is 0 Å². The summed E-state index contributed by atoms with van der Waals surface area (Å²) in [4.78, 5) is 0. The molecule has 0 bridgehead atoms. The Balaban J connectivity index is 0.00000109. The molecule has 134 valence electrons. The molecule has 0 N–H and O–H groups in total. The first-order valence-corrected chi connectivity index (χ1v) is 9.78. The largest absolute Gasteiger partial charge is 0.0985 e. The van der Waals surface area contributed by atoms with E-state index in [1.807, 2.05) is 19.9 Å². The Morgan fingerprint density at radius 3 is 2.84 bits per heavy atom. The van der Waals surface area contributed by atoms with Crippen LogP contribution in [0.5, 0.6) is 0 Å². The highest BCUT2D eigenvalue weighted by atomic mass is 14.2. The highest BCUT2D eigenvalue weighted by Crippen LogP contribution is 2.31. The van der Waals surface area contributed by atoms with E-state index >= 15 is 0 Å². The van der Waals surface area contributed by atoms with Gasteiger partial charge in [-0.15, -0.1) is 0 Å². The van der Waals surface area contributed by atoms with Crippen LogP contribution in [0.3, 0.4) is 0 Å². The molecule has 3 rings (SSSR count). The standard InChI is InChI=1S/C23H26.C2H6.H2/c1-2-20-11-7-8-14-23(20)18-19-10-9-15-22(17-16-19)21-12-5-3-4-6-13-21;1-2;/h2-3,5-8,10-14,22H,1,4,9,15-18H2;1-2H3;1H. The van der Waals surface area contributed by atoms with Crippen LogP contribution < -0.4 is 0 Å². The molecule has 2 aliphatic rings. The highest BCUT2D eigenvalue weighted by molar-refractivity contribution is 5.52. The summed E-state index contributed by atoms with van der Waals surface area (Å²) in [5.74, 6) is 0.706. The molecular weight excluding hydrogens is 300 g/mol. The Morgan fingerprint density at radius 2 is 2.00 bits per heavy atom. The van der Waals surface area contributed by atoms with Gasteiger partial charge in [0.1, 0.15) is 0 Å². The average Bonchev–Trinajstić information content (AvgIpc) is 3.07. The van der Waals surface area contributed by atoms with E-state index in [1.165, 1.54) is 42.4 Å². The third kappa shape index (κ3) is 5.74. The normalized spacial score (nSPS) is 19.7. The van der Waals surface area contributed by atoms with Crippen molar-refractivity contribution >= 4 is 6.08 Å². The molecular formula is C25H34. The van der Waals surface area contributed by atoms with Crippen LogP contribution in [-0.4, -0.2) is 0 Å². The molecule has 1 aromatic carbocycles. The number of hydrogen-bond acceptors (Lipinski definition) is 0. The third-order valence-electron chi connectivity index (χ3n) is 4.93. The summed E-state index contributed by atoms with van der Waals surface area (Å²) in [7, 11) is 0. The van der Waals surface area contributed by atoms with Gasteiger partial charge in [0.2, 0.25) is 0 Å². The molecule has 0 aromatic heterocycles. The fourth-order valence-corrected chi connectivity index (χ4v) is 3.60. The second kappa shape index (κ2) is 10.7. The summed E-state index contributed by atoms with van der Waals surface area (Å²) in [6.45, 7) is 7.94. The summed E-state index contributed by atoms with van der Waals surface area (Å²) in [5.41, 5.74) is 5.79. The molecule has 0 nitrogen and oxygen atoms in total. The molecule has 25 heavy (non-hydrogen) atoms. The molecule has 1 atom stereocenters. The van der Waals surface area contributed by atoms with Crippen molar-refractivity contribution in [2.75, 3.05) is 0 Å². The van der Waals surface area contributed by atoms with Crippen LogP contribution in [-0.2, 0) is 6.42 Å². The van der Waals surface area contributed by atoms with Crippen molar-refractivity contribution < 1.29 is 1.43 Å². The zero-order valence-corrected chi connectivity index (χ0v) is 15.9. The summed E-state index contributed by atoms with van der Waals surface area (Å²) in [6.07, 6.45) is 22.9. The fourth-order valence-electron chi connectivity index (χ4n) is 3.60. The van der Waals surface area contributed by atoms with E-state index in [-0.39, 0.29) is 1.43 Å². The average molecular weight is 335 g/mol. The topological polar surface area (TPSA) is 0 Å². The van der Waals surface area contributed by atoms with Crippen LogP contribution >= 0.6 is 0 Å². The highest BCUT2D eigenvalue weighted by Gasteiger charge is 2.16. The van der Waals surface area contributed by atoms with Gasteiger partial charge < -0.3 is 0 Å². The van der Waals surface area contributed by atoms with Gasteiger partial charge in [-0.3, -0.25) is 0 Å². The van der Waals surface area contributed by atoms with Gasteiger partial charge in [0.05, 0.1) is 0 Å². The second-order valence-electron chi connectivity index (χ2n) is 6.49. The van der Waals surface area contributed by atoms with Crippen LogP contribution in [0.2, 0.25) is 0 Å². The van der Waals surface area contributed by atoms with E-state index < -0.39 is 0 Å². The Bertz CT molecular complexity index is 673. The lowest BCUT2D eigenvalue weighted by molar-refractivity contribution is 0.544. The third-order valence-corrected chi connectivity index (χ3v) is 4.93. The van der Waals surface area contributed by atoms with Crippen molar-refractivity contribution in [3.05, 3.63) is 89.6 Å². The summed E-state index contributed by atoms with van der Waals surface area (Å²) in [6, 6.07) is 8.63. The van der Waals surface area contributed by atoms with Crippen molar-refractivity contribution in [1.29, 1.82) is 0 Å². The maximum atomic E-state index is 3.94. The molecule has 0 radical (unpaired) electrons. The molecule has 0 saturated heterocycles. The minimum absolute atomic E-state index is 0. The lowest BCUT2D eigenvalue weighted by atomic mass is 9.89. The minimum atomic E-state index is 0. The van der Waals surface area contributed by atoms with Crippen molar-refractivity contribution in [3.63, 3.8) is 0 Å². The smallest absolute Gasteiger partial charge is 0 e. The van der Waals surface area contributed by atoms with Crippen LogP contribution in [0, 0.1) is 5.92 Å². The second-order valence-corrected chi connectivity index (χ2v) is 6.49. The van der Waals surface area contributed by atoms with Crippen molar-refractivity contribution in [1.82, 2.24) is 0 Å². The van der Waals surface area contributed by atoms with Gasteiger partial charge in [-0.05, 0) is 61.1 Å². The first kappa shape index (κ1) is 19.2.